The predicted molar refractivity (Wildman–Crippen MR) is 18.1 cm³/mol. The smallest absolute Gasteiger partial charge is 0 e. The summed E-state index contributed by atoms with van der Waals surface area (Å²) >= 11 is 0. The van der Waals surface area contributed by atoms with Crippen LogP contribution in [0.4, 0.5) is 0 Å². The molecule has 0 spiro atoms. The normalized spacial score (nSPS) is 0. The van der Waals surface area contributed by atoms with Crippen molar-refractivity contribution in [1.82, 2.24) is 0 Å². The van der Waals surface area contributed by atoms with Gasteiger partial charge in [-0.1, -0.05) is 0 Å². The van der Waals surface area contributed by atoms with Crippen LogP contribution in [0.15, 0.2) is 0 Å². The first-order valence-corrected chi connectivity index (χ1v) is 0. The molecule has 4 heteroatoms. The van der Waals surface area contributed by atoms with Crippen molar-refractivity contribution in [3.05, 3.63) is 0 Å². The van der Waals surface area contributed by atoms with Crippen molar-refractivity contribution in [3.63, 3.8) is 0 Å². The van der Waals surface area contributed by atoms with Gasteiger partial charge in [0, 0.05) is 27.3 Å². The van der Waals surface area contributed by atoms with Gasteiger partial charge in [0.1, 0.15) is 0 Å². The van der Waals surface area contributed by atoms with Crippen LogP contribution in [-0.4, -0.2) is 5.48 Å². The average molecular weight is 203 g/mol. The minimum absolute atomic E-state index is 0. The molecule has 0 aromatic heterocycles. The third-order valence-corrected chi connectivity index (χ3v) is 0. The first-order valence-electron chi connectivity index (χ1n) is 0. The van der Waals surface area contributed by atoms with E-state index in [-0.39, 0.29) is 57.6 Å². The molecule has 0 aromatic rings. The Morgan fingerprint density at radius 2 is 0.750 bits per heavy atom. The molecule has 0 heterocycles. The summed E-state index contributed by atoms with van der Waals surface area (Å²) in [5.41, 5.74) is 0. The minimum atomic E-state index is 0. The van der Waals surface area contributed by atoms with Gasteiger partial charge in [-0.25, -0.2) is 0 Å². The van der Waals surface area contributed by atoms with Crippen molar-refractivity contribution in [2.24, 2.45) is 0 Å². The van der Waals surface area contributed by atoms with Crippen LogP contribution in [0.25, 0.3) is 0 Å². The zero-order chi connectivity index (χ0) is 0. The van der Waals surface area contributed by atoms with Gasteiger partial charge in [0.05, 0.1) is 0 Å². The van der Waals surface area contributed by atoms with Crippen LogP contribution >= 0.6 is 24.8 Å². The van der Waals surface area contributed by atoms with E-state index >= 15 is 0 Å². The van der Waals surface area contributed by atoms with Crippen molar-refractivity contribution < 1.29 is 32.8 Å². The summed E-state index contributed by atoms with van der Waals surface area (Å²) in [5.74, 6) is 0. The summed E-state index contributed by atoms with van der Waals surface area (Å²) in [5, 5.41) is 0. The van der Waals surface area contributed by atoms with Crippen LogP contribution in [0.1, 0.15) is 0 Å². The molecule has 0 bridgehead atoms. The maximum atomic E-state index is 0. The second kappa shape index (κ2) is 25.0. The van der Waals surface area contributed by atoms with Crippen molar-refractivity contribution in [2.45, 2.75) is 0 Å². The number of hydrogen-bond acceptors (Lipinski definition) is 0. The van der Waals surface area contributed by atoms with E-state index < -0.39 is 0 Å². The molecule has 0 saturated carbocycles. The van der Waals surface area contributed by atoms with Gasteiger partial charge < -0.3 is 5.48 Å². The molecule has 0 aliphatic heterocycles. The third kappa shape index (κ3) is 9.82. The predicted octanol–water partition coefficient (Wildman–Crippen LogP) is 0.0164. The van der Waals surface area contributed by atoms with Crippen molar-refractivity contribution >= 4 is 24.8 Å². The molecule has 0 amide bonds. The van der Waals surface area contributed by atoms with Crippen molar-refractivity contribution in [2.75, 3.05) is 0 Å². The Morgan fingerprint density at radius 1 is 0.750 bits per heavy atom. The van der Waals surface area contributed by atoms with E-state index in [9.17, 15) is 0 Å². The molecule has 0 fully saturated rings. The standard InChI is InChI=1S/Cd.2ClH.H2O/h;2*1H;1H2. The Morgan fingerprint density at radius 3 is 0.750 bits per heavy atom. The van der Waals surface area contributed by atoms with Crippen LogP contribution in [0.3, 0.4) is 0 Å². The number of hydrogen-bond donors (Lipinski definition) is 0. The van der Waals surface area contributed by atoms with Crippen molar-refractivity contribution in [3.8, 4) is 0 Å². The Bertz CT molecular complexity index is 6.00. The molecule has 0 atom stereocenters. The molecule has 0 rings (SSSR count). The largest absolute Gasteiger partial charge is 0.412 e. The van der Waals surface area contributed by atoms with Crippen LogP contribution in [0, 0.1) is 0 Å². The van der Waals surface area contributed by atoms with E-state index in [1.807, 2.05) is 0 Å². The maximum absolute atomic E-state index is 0. The molecule has 0 radical (unpaired) electrons. The van der Waals surface area contributed by atoms with Gasteiger partial charge in [-0.15, -0.1) is 24.8 Å². The second-order valence-electron chi connectivity index (χ2n) is 0. The van der Waals surface area contributed by atoms with Crippen LogP contribution < -0.4 is 0 Å². The fourth-order valence-corrected chi connectivity index (χ4v) is 0. The Kier molecular flexibility index (Phi) is 318. The van der Waals surface area contributed by atoms with Crippen LogP contribution in [0.2, 0.25) is 0 Å². The van der Waals surface area contributed by atoms with E-state index in [0.717, 1.165) is 0 Å². The summed E-state index contributed by atoms with van der Waals surface area (Å²) in [4.78, 5) is 0. The number of halogens is 2. The summed E-state index contributed by atoms with van der Waals surface area (Å²) in [6.45, 7) is 0. The van der Waals surface area contributed by atoms with Gasteiger partial charge >= 0.3 is 0 Å². The zero-order valence-electron chi connectivity index (χ0n) is 2.02. The second-order valence-corrected chi connectivity index (χ2v) is 0. The first kappa shape index (κ1) is 50.9. The summed E-state index contributed by atoms with van der Waals surface area (Å²) in [6, 6.07) is 0. The molecule has 26 valence electrons. The molecule has 0 saturated heterocycles. The Labute approximate surface area is 57.4 Å². The molecule has 0 aliphatic rings. The monoisotopic (exact) mass is 204 g/mol. The van der Waals surface area contributed by atoms with Gasteiger partial charge in [-0.05, 0) is 0 Å². The van der Waals surface area contributed by atoms with Gasteiger partial charge in [0.25, 0.3) is 0 Å². The third-order valence-electron chi connectivity index (χ3n) is 0. The van der Waals surface area contributed by atoms with E-state index in [0.29, 0.717) is 0 Å². The van der Waals surface area contributed by atoms with Gasteiger partial charge in [-0.2, -0.15) is 0 Å². The molecule has 4 heavy (non-hydrogen) atoms. The molecule has 0 unspecified atom stereocenters. The van der Waals surface area contributed by atoms with Gasteiger partial charge in [0.15, 0.2) is 0 Å². The van der Waals surface area contributed by atoms with Crippen molar-refractivity contribution in [1.29, 1.82) is 0 Å². The summed E-state index contributed by atoms with van der Waals surface area (Å²) in [7, 11) is 0. The maximum Gasteiger partial charge on any atom is 0 e. The van der Waals surface area contributed by atoms with E-state index in [1.54, 1.807) is 0 Å². The Balaban J connectivity index is 0. The molecule has 2 N–H and O–H groups in total. The molecule has 0 aromatic carbocycles. The molecule has 1 nitrogen and oxygen atoms in total. The topological polar surface area (TPSA) is 31.5 Å². The van der Waals surface area contributed by atoms with Crippen LogP contribution in [0.5, 0.6) is 0 Å². The first-order chi connectivity index (χ1) is 0. The van der Waals surface area contributed by atoms with E-state index in [1.165, 1.54) is 0 Å². The fourth-order valence-electron chi connectivity index (χ4n) is 0. The average Bonchev–Trinajstić information content (AvgIpc) is 0. The van der Waals surface area contributed by atoms with E-state index in [2.05, 4.69) is 0 Å². The van der Waals surface area contributed by atoms with Gasteiger partial charge in [-0.3, -0.25) is 0 Å². The van der Waals surface area contributed by atoms with Crippen LogP contribution in [-0.2, 0) is 27.3 Å². The number of rotatable bonds is 0. The molecular weight excluding hydrogens is 199 g/mol. The molecular formula is H4CdCl2O. The minimum Gasteiger partial charge on any atom is -0.412 e. The van der Waals surface area contributed by atoms with E-state index in [4.69, 9.17) is 0 Å². The quantitative estimate of drug-likeness (QED) is 0.497. The Hall–Kier alpha value is 1.46. The SMILES string of the molecule is Cl.Cl.O.[Cd]. The summed E-state index contributed by atoms with van der Waals surface area (Å²) in [6.07, 6.45) is 0. The van der Waals surface area contributed by atoms with Gasteiger partial charge in [0.2, 0.25) is 0 Å². The zero-order valence-corrected chi connectivity index (χ0v) is 7.69. The summed E-state index contributed by atoms with van der Waals surface area (Å²) < 4.78 is 0. The molecule has 0 aliphatic carbocycles. The fraction of sp³-hybridized carbons (Fsp3) is 0.